The van der Waals surface area contributed by atoms with Gasteiger partial charge in [-0.2, -0.15) is 0 Å². The molecule has 0 radical (unpaired) electrons. The highest BCUT2D eigenvalue weighted by Crippen LogP contribution is 2.15. The van der Waals surface area contributed by atoms with Crippen molar-refractivity contribution in [1.82, 2.24) is 4.90 Å². The molecule has 84 valence electrons. The second-order valence-electron chi connectivity index (χ2n) is 3.86. The van der Waals surface area contributed by atoms with Crippen LogP contribution in [-0.4, -0.2) is 36.0 Å². The van der Waals surface area contributed by atoms with E-state index in [1.165, 1.54) is 0 Å². The average molecular weight is 218 g/mol. The molecule has 0 atom stereocenters. The van der Waals surface area contributed by atoms with Gasteiger partial charge in [0.2, 0.25) is 5.91 Å². The topological polar surface area (TPSA) is 49.7 Å². The summed E-state index contributed by atoms with van der Waals surface area (Å²) in [6.07, 6.45) is 8.89. The first-order chi connectivity index (χ1) is 7.77. The molecule has 0 aromatic heterocycles. The first-order valence-corrected chi connectivity index (χ1v) is 5.43. The van der Waals surface area contributed by atoms with Crippen molar-refractivity contribution in [2.75, 3.05) is 13.2 Å². The summed E-state index contributed by atoms with van der Waals surface area (Å²) in [4.78, 5) is 28.7. The highest BCUT2D eigenvalue weighted by Gasteiger charge is 2.15. The van der Waals surface area contributed by atoms with E-state index in [0.717, 1.165) is 18.4 Å². The van der Waals surface area contributed by atoms with Gasteiger partial charge in [0.25, 0.3) is 0 Å². The molecule has 0 saturated heterocycles. The van der Waals surface area contributed by atoms with E-state index in [2.05, 4.69) is 4.99 Å². The summed E-state index contributed by atoms with van der Waals surface area (Å²) < 4.78 is 0. The SMILES string of the molecule is O=C1C=CCC/C1=C/CC(=O)N1CC=NC1. The van der Waals surface area contributed by atoms with E-state index in [0.29, 0.717) is 19.6 Å². The Morgan fingerprint density at radius 1 is 1.56 bits per heavy atom. The molecule has 2 aliphatic rings. The highest BCUT2D eigenvalue weighted by atomic mass is 16.2. The molecule has 0 aromatic carbocycles. The number of aliphatic imine (C=N–C) groups is 1. The van der Waals surface area contributed by atoms with Gasteiger partial charge < -0.3 is 4.90 Å². The van der Waals surface area contributed by atoms with Crippen molar-refractivity contribution in [2.45, 2.75) is 19.3 Å². The Bertz CT molecular complexity index is 386. The fourth-order valence-electron chi connectivity index (χ4n) is 1.75. The number of hydrogen-bond acceptors (Lipinski definition) is 3. The minimum absolute atomic E-state index is 0.0346. The van der Waals surface area contributed by atoms with E-state index in [1.54, 1.807) is 23.3 Å². The van der Waals surface area contributed by atoms with Crippen molar-refractivity contribution < 1.29 is 9.59 Å². The van der Waals surface area contributed by atoms with Gasteiger partial charge in [-0.3, -0.25) is 14.6 Å². The van der Waals surface area contributed by atoms with E-state index in [-0.39, 0.29) is 11.7 Å². The van der Waals surface area contributed by atoms with Crippen LogP contribution in [0, 0.1) is 0 Å². The van der Waals surface area contributed by atoms with Gasteiger partial charge >= 0.3 is 0 Å². The smallest absolute Gasteiger partial charge is 0.228 e. The van der Waals surface area contributed by atoms with Crippen LogP contribution in [0.2, 0.25) is 0 Å². The van der Waals surface area contributed by atoms with Crippen LogP contribution < -0.4 is 0 Å². The predicted octanol–water partition coefficient (Wildman–Crippen LogP) is 1.09. The second kappa shape index (κ2) is 4.88. The molecule has 0 unspecified atom stereocenters. The monoisotopic (exact) mass is 218 g/mol. The van der Waals surface area contributed by atoms with Crippen molar-refractivity contribution in [3.8, 4) is 0 Å². The van der Waals surface area contributed by atoms with Crippen LogP contribution in [0.5, 0.6) is 0 Å². The fourth-order valence-corrected chi connectivity index (χ4v) is 1.75. The van der Waals surface area contributed by atoms with Crippen molar-refractivity contribution in [2.24, 2.45) is 4.99 Å². The third-order valence-corrected chi connectivity index (χ3v) is 2.73. The van der Waals surface area contributed by atoms with Crippen LogP contribution in [0.25, 0.3) is 0 Å². The van der Waals surface area contributed by atoms with Gasteiger partial charge in [0.15, 0.2) is 5.78 Å². The van der Waals surface area contributed by atoms with Crippen molar-refractivity contribution in [3.63, 3.8) is 0 Å². The van der Waals surface area contributed by atoms with Gasteiger partial charge in [0, 0.05) is 12.6 Å². The molecule has 4 nitrogen and oxygen atoms in total. The van der Waals surface area contributed by atoms with Crippen LogP contribution in [0.15, 0.2) is 28.8 Å². The Morgan fingerprint density at radius 2 is 2.44 bits per heavy atom. The molecule has 1 aliphatic heterocycles. The van der Waals surface area contributed by atoms with Gasteiger partial charge in [0.1, 0.15) is 6.67 Å². The van der Waals surface area contributed by atoms with E-state index in [4.69, 9.17) is 0 Å². The molecule has 2 rings (SSSR count). The number of hydrogen-bond donors (Lipinski definition) is 0. The van der Waals surface area contributed by atoms with Crippen LogP contribution in [0.1, 0.15) is 19.3 Å². The zero-order valence-corrected chi connectivity index (χ0v) is 9.06. The molecule has 0 spiro atoms. The van der Waals surface area contributed by atoms with E-state index in [9.17, 15) is 9.59 Å². The Hall–Kier alpha value is -1.71. The summed E-state index contributed by atoms with van der Waals surface area (Å²) in [6, 6.07) is 0. The lowest BCUT2D eigenvalue weighted by Gasteiger charge is -2.13. The summed E-state index contributed by atoms with van der Waals surface area (Å²) in [5.41, 5.74) is 0.760. The quantitative estimate of drug-likeness (QED) is 0.651. The molecule has 1 aliphatic carbocycles. The number of ketones is 1. The lowest BCUT2D eigenvalue weighted by Crippen LogP contribution is -2.28. The molecular weight excluding hydrogens is 204 g/mol. The minimum atomic E-state index is 0.0346. The van der Waals surface area contributed by atoms with Gasteiger partial charge in [-0.25, -0.2) is 0 Å². The molecule has 4 heteroatoms. The van der Waals surface area contributed by atoms with Crippen molar-refractivity contribution in [3.05, 3.63) is 23.8 Å². The molecule has 0 fully saturated rings. The number of nitrogens with zero attached hydrogens (tertiary/aromatic N) is 2. The highest BCUT2D eigenvalue weighted by molar-refractivity contribution is 6.05. The second-order valence-corrected chi connectivity index (χ2v) is 3.86. The third-order valence-electron chi connectivity index (χ3n) is 2.73. The fraction of sp³-hybridized carbons (Fsp3) is 0.417. The first-order valence-electron chi connectivity index (χ1n) is 5.43. The standard InChI is InChI=1S/C12H14N2O2/c15-11-4-2-1-3-10(11)5-6-12(16)14-8-7-13-9-14/h2,4-5,7H,1,3,6,8-9H2/b10-5-. The molecule has 0 saturated carbocycles. The number of carbonyl (C=O) groups is 2. The average Bonchev–Trinajstić information content (AvgIpc) is 2.81. The van der Waals surface area contributed by atoms with Gasteiger partial charge in [-0.15, -0.1) is 0 Å². The van der Waals surface area contributed by atoms with Crippen LogP contribution >= 0.6 is 0 Å². The summed E-state index contributed by atoms with van der Waals surface area (Å²) >= 11 is 0. The maximum Gasteiger partial charge on any atom is 0.228 e. The Balaban J connectivity index is 1.90. The van der Waals surface area contributed by atoms with Gasteiger partial charge in [0.05, 0.1) is 6.54 Å². The first kappa shape index (κ1) is 10.8. The van der Waals surface area contributed by atoms with E-state index < -0.39 is 0 Å². The van der Waals surface area contributed by atoms with Crippen molar-refractivity contribution in [1.29, 1.82) is 0 Å². The Kier molecular flexibility index (Phi) is 3.29. The van der Waals surface area contributed by atoms with Crippen LogP contribution in [-0.2, 0) is 9.59 Å². The lowest BCUT2D eigenvalue weighted by molar-refractivity contribution is -0.129. The van der Waals surface area contributed by atoms with E-state index >= 15 is 0 Å². The predicted molar refractivity (Wildman–Crippen MR) is 61.2 cm³/mol. The maximum absolute atomic E-state index is 11.7. The van der Waals surface area contributed by atoms with Crippen molar-refractivity contribution >= 4 is 17.9 Å². The number of allylic oxidation sites excluding steroid dienone is 3. The minimum Gasteiger partial charge on any atom is -0.318 e. The Morgan fingerprint density at radius 3 is 3.12 bits per heavy atom. The third kappa shape index (κ3) is 2.45. The summed E-state index contributed by atoms with van der Waals surface area (Å²) in [7, 11) is 0. The Labute approximate surface area is 94.3 Å². The van der Waals surface area contributed by atoms with Gasteiger partial charge in [-0.1, -0.05) is 12.2 Å². The molecular formula is C12H14N2O2. The molecule has 0 bridgehead atoms. The number of rotatable bonds is 2. The normalized spacial score (nSPS) is 22.1. The maximum atomic E-state index is 11.7. The van der Waals surface area contributed by atoms with Crippen LogP contribution in [0.3, 0.4) is 0 Å². The van der Waals surface area contributed by atoms with Gasteiger partial charge in [-0.05, 0) is 24.5 Å². The molecule has 0 N–H and O–H groups in total. The molecule has 1 heterocycles. The molecule has 16 heavy (non-hydrogen) atoms. The van der Waals surface area contributed by atoms with E-state index in [1.807, 2.05) is 6.08 Å². The number of amides is 1. The summed E-state index contributed by atoms with van der Waals surface area (Å²) in [5.74, 6) is 0.0732. The summed E-state index contributed by atoms with van der Waals surface area (Å²) in [6.45, 7) is 1.05. The molecule has 0 aromatic rings. The largest absolute Gasteiger partial charge is 0.318 e. The zero-order valence-electron chi connectivity index (χ0n) is 9.06. The lowest BCUT2D eigenvalue weighted by atomic mass is 9.99. The number of carbonyl (C=O) groups excluding carboxylic acids is 2. The van der Waals surface area contributed by atoms with Crippen LogP contribution in [0.4, 0.5) is 0 Å². The zero-order chi connectivity index (χ0) is 11.4. The molecule has 1 amide bonds. The summed E-state index contributed by atoms with van der Waals surface area (Å²) in [5, 5.41) is 0.